The Balaban J connectivity index is 1.56. The van der Waals surface area contributed by atoms with Crippen molar-refractivity contribution in [3.05, 3.63) is 53.9 Å². The maximum Gasteiger partial charge on any atom is 0.295 e. The molecular formula is C28H33N11O14S4. The second kappa shape index (κ2) is 22.9. The maximum absolute atomic E-state index is 12.4. The summed E-state index contributed by atoms with van der Waals surface area (Å²) in [5, 5.41) is 44.5. The van der Waals surface area contributed by atoms with Gasteiger partial charge in [0, 0.05) is 47.6 Å². The van der Waals surface area contributed by atoms with Crippen LogP contribution in [0.4, 0.5) is 41.1 Å². The monoisotopic (exact) mass is 875 g/mol. The second-order valence-electron chi connectivity index (χ2n) is 10.4. The molecule has 2 aromatic carbocycles. The molecule has 0 unspecified atom stereocenters. The summed E-state index contributed by atoms with van der Waals surface area (Å²) < 4.78 is 80.5. The Morgan fingerprint density at radius 3 is 2.14 bits per heavy atom. The number of nitrogens with one attached hydrogen (secondary N) is 4. The Hall–Kier alpha value is -4.73. The number of rotatable bonds is 25. The smallest absolute Gasteiger partial charge is 0.295 e. The van der Waals surface area contributed by atoms with Crippen LogP contribution in [0, 0.1) is 0 Å². The van der Waals surface area contributed by atoms with E-state index in [0.29, 0.717) is 28.2 Å². The van der Waals surface area contributed by atoms with Gasteiger partial charge < -0.3 is 31.1 Å². The molecule has 25 nitrogen and oxygen atoms in total. The molecule has 2 heterocycles. The van der Waals surface area contributed by atoms with Gasteiger partial charge in [0.25, 0.3) is 26.2 Å². The van der Waals surface area contributed by atoms with Crippen molar-refractivity contribution in [3.8, 4) is 0 Å². The zero-order valence-corrected chi connectivity index (χ0v) is 32.2. The molecule has 0 radical (unpaired) electrons. The van der Waals surface area contributed by atoms with Crippen LogP contribution in [-0.2, 0) is 43.7 Å². The highest BCUT2D eigenvalue weighted by molar-refractivity contribution is 7.95. The first-order valence-electron chi connectivity index (χ1n) is 15.7. The van der Waals surface area contributed by atoms with Crippen molar-refractivity contribution in [1.29, 1.82) is 0 Å². The molecule has 0 spiro atoms. The molecule has 0 saturated heterocycles. The summed E-state index contributed by atoms with van der Waals surface area (Å²) in [4.78, 5) is 28.5. The molecule has 0 saturated carbocycles. The van der Waals surface area contributed by atoms with Gasteiger partial charge in [-0.05, 0) is 35.4 Å². The molecule has 0 aliphatic heterocycles. The third-order valence-electron chi connectivity index (χ3n) is 6.44. The van der Waals surface area contributed by atoms with E-state index in [-0.39, 0.29) is 79.7 Å². The van der Waals surface area contributed by atoms with Gasteiger partial charge in [-0.3, -0.25) is 9.11 Å². The van der Waals surface area contributed by atoms with Crippen molar-refractivity contribution < 1.29 is 65.0 Å². The number of ether oxygens (including phenoxy) is 1. The summed E-state index contributed by atoms with van der Waals surface area (Å²) in [7, 11) is -9.04. The zero-order chi connectivity index (χ0) is 41.1. The van der Waals surface area contributed by atoms with E-state index in [9.17, 15) is 21.4 Å². The minimum atomic E-state index is -4.77. The number of nitrogens with zero attached hydrogens (tertiary/aromatic N) is 7. The number of hydrogen-bond donors (Lipinski definition) is 9. The lowest BCUT2D eigenvalue weighted by molar-refractivity contribution is -0.432. The predicted octanol–water partition coefficient (Wildman–Crippen LogP) is 2.88. The molecule has 9 N–H and O–H groups in total. The molecule has 0 aliphatic carbocycles. The van der Waals surface area contributed by atoms with Gasteiger partial charge in [0.05, 0.1) is 43.4 Å². The van der Waals surface area contributed by atoms with Crippen LogP contribution in [0.1, 0.15) is 11.1 Å². The van der Waals surface area contributed by atoms with E-state index in [0.717, 1.165) is 24.4 Å². The van der Waals surface area contributed by atoms with E-state index in [1.165, 1.54) is 36.6 Å². The van der Waals surface area contributed by atoms with Gasteiger partial charge >= 0.3 is 0 Å². The van der Waals surface area contributed by atoms with Crippen LogP contribution in [0.25, 0.3) is 12.2 Å². The van der Waals surface area contributed by atoms with Crippen LogP contribution < -0.4 is 21.3 Å². The average Bonchev–Trinajstić information content (AvgIpc) is 3.16. The van der Waals surface area contributed by atoms with E-state index in [1.807, 2.05) is 0 Å². The third kappa shape index (κ3) is 16.3. The highest BCUT2D eigenvalue weighted by Gasteiger charge is 2.17. The van der Waals surface area contributed by atoms with E-state index < -0.39 is 30.9 Å². The summed E-state index contributed by atoms with van der Waals surface area (Å²) in [6.07, 6.45) is 5.43. The average molecular weight is 876 g/mol. The molecule has 0 atom stereocenters. The van der Waals surface area contributed by atoms with Crippen LogP contribution in [0.15, 0.2) is 57.5 Å². The fourth-order valence-electron chi connectivity index (χ4n) is 4.18. The number of anilines is 6. The quantitative estimate of drug-likeness (QED) is 0.00879. The minimum Gasteiger partial charge on any atom is -0.394 e. The summed E-state index contributed by atoms with van der Waals surface area (Å²) in [6, 6.07) is 8.78. The molecule has 29 heteroatoms. The Morgan fingerprint density at radius 1 is 0.772 bits per heavy atom. The SMILES string of the molecule is O=S(=O)(O)CCNc1nc(NCCOCCO)nc(Nc2ccc(C=Cc3ccc(Nc4ncnc(/N=C\CSOOO)n4)cc3S(=O)(=O)O)c(SOOO)c2)n1. The molecule has 4 rings (SSSR count). The Kier molecular flexibility index (Phi) is 18.0. The zero-order valence-electron chi connectivity index (χ0n) is 28.9. The predicted molar refractivity (Wildman–Crippen MR) is 205 cm³/mol. The Labute approximate surface area is 332 Å². The van der Waals surface area contributed by atoms with Gasteiger partial charge in [0.2, 0.25) is 23.8 Å². The number of aromatic nitrogens is 6. The molecule has 308 valence electrons. The third-order valence-corrected chi connectivity index (χ3v) is 9.18. The van der Waals surface area contributed by atoms with Crippen molar-refractivity contribution >= 4 is 104 Å². The molecule has 0 bridgehead atoms. The van der Waals surface area contributed by atoms with E-state index >= 15 is 0 Å². The molecule has 4 aromatic rings. The fourth-order valence-corrected chi connectivity index (χ4v) is 5.99. The van der Waals surface area contributed by atoms with Crippen molar-refractivity contribution in [2.24, 2.45) is 4.99 Å². The summed E-state index contributed by atoms with van der Waals surface area (Å²) in [5.41, 5.74) is 1.06. The van der Waals surface area contributed by atoms with Gasteiger partial charge in [-0.2, -0.15) is 41.8 Å². The molecule has 0 aliphatic rings. The topological polar surface area (TPSA) is 353 Å². The standard InChI is InChI=1S/C28H33N11O14S4/c40-10-12-49-11-7-29-25-37-26(31-9-14-56(43,44)45)39-28(38-25)35-20-5-3-18(22(15-20)55-53-51-42)1-2-19-4-6-21(16-23(19)57(46,47)48)34-27-33-17-32-24(36-27)30-8-13-54-52-50-41/h1-6,8,15-17,40-42H,7,9-14H2,(H,43,44,45)(H,46,47,48)(H,32,33,34,36)(H3,29,31,35,37,38,39)/b2-1?,30-8-. The van der Waals surface area contributed by atoms with E-state index in [1.54, 1.807) is 12.1 Å². The first-order chi connectivity index (χ1) is 27.4. The van der Waals surface area contributed by atoms with Gasteiger partial charge in [-0.1, -0.05) is 34.4 Å². The highest BCUT2D eigenvalue weighted by Crippen LogP contribution is 2.31. The highest BCUT2D eigenvalue weighted by atomic mass is 32.2. The Morgan fingerprint density at radius 2 is 1.44 bits per heavy atom. The summed E-state index contributed by atoms with van der Waals surface area (Å²) in [6.45, 7) is 0.183. The van der Waals surface area contributed by atoms with Crippen LogP contribution in [0.3, 0.4) is 0 Å². The lowest BCUT2D eigenvalue weighted by Gasteiger charge is -2.12. The molecule has 0 fully saturated rings. The van der Waals surface area contributed by atoms with Crippen molar-refractivity contribution in [3.63, 3.8) is 0 Å². The lowest BCUT2D eigenvalue weighted by atomic mass is 10.1. The van der Waals surface area contributed by atoms with Gasteiger partial charge in [-0.25, -0.2) is 20.5 Å². The summed E-state index contributed by atoms with van der Waals surface area (Å²) in [5.74, 6) is -0.422. The number of aliphatic hydroxyl groups excluding tert-OH is 1. The van der Waals surface area contributed by atoms with E-state index in [4.69, 9.17) is 24.9 Å². The molecule has 0 amide bonds. The lowest BCUT2D eigenvalue weighted by Crippen LogP contribution is -2.18. The first kappa shape index (κ1) is 45.0. The van der Waals surface area contributed by atoms with Gasteiger partial charge in [0.1, 0.15) is 11.2 Å². The van der Waals surface area contributed by atoms with Crippen LogP contribution >= 0.6 is 24.1 Å². The van der Waals surface area contributed by atoms with Crippen molar-refractivity contribution in [2.45, 2.75) is 9.79 Å². The minimum absolute atomic E-state index is 0.000391. The van der Waals surface area contributed by atoms with Gasteiger partial charge in [-0.15, -0.1) is 8.67 Å². The number of benzene rings is 2. The molecule has 57 heavy (non-hydrogen) atoms. The second-order valence-corrected chi connectivity index (χ2v) is 14.8. The van der Waals surface area contributed by atoms with Crippen molar-refractivity contribution in [1.82, 2.24) is 29.9 Å². The normalized spacial score (nSPS) is 12.0. The maximum atomic E-state index is 12.4. The van der Waals surface area contributed by atoms with Crippen LogP contribution in [-0.4, -0.2) is 122 Å². The number of hydrogen-bond acceptors (Lipinski definition) is 25. The Bertz CT molecular complexity index is 2210. The van der Waals surface area contributed by atoms with Crippen molar-refractivity contribution in [2.75, 3.05) is 65.7 Å². The van der Waals surface area contributed by atoms with E-state index in [2.05, 4.69) is 74.9 Å². The number of aliphatic imine (C=N–C) groups is 1. The summed E-state index contributed by atoms with van der Waals surface area (Å²) >= 11 is 1.32. The van der Waals surface area contributed by atoms with Gasteiger partial charge in [0.15, 0.2) is 0 Å². The first-order valence-corrected chi connectivity index (χ1v) is 20.4. The van der Waals surface area contributed by atoms with Crippen LogP contribution in [0.5, 0.6) is 0 Å². The number of aliphatic hydroxyl groups is 1. The molecule has 2 aromatic heterocycles. The molecular weight excluding hydrogens is 843 g/mol. The fraction of sp³-hybridized carbons (Fsp3) is 0.250. The largest absolute Gasteiger partial charge is 0.394 e. The van der Waals surface area contributed by atoms with Crippen LogP contribution in [0.2, 0.25) is 0 Å².